The van der Waals surface area contributed by atoms with Crippen molar-refractivity contribution in [1.82, 2.24) is 0 Å². The Bertz CT molecular complexity index is 258. The van der Waals surface area contributed by atoms with Crippen LogP contribution in [-0.2, 0) is 13.1 Å². The minimum absolute atomic E-state index is 0.141. The third-order valence-electron chi connectivity index (χ3n) is 1.85. The highest BCUT2D eigenvalue weighted by Gasteiger charge is 2.01. The number of rotatable bonds is 3. The van der Waals surface area contributed by atoms with E-state index in [1.165, 1.54) is 6.07 Å². The monoisotopic (exact) mass is 168 g/mol. The van der Waals surface area contributed by atoms with Gasteiger partial charge in [-0.15, -0.1) is 0 Å². The van der Waals surface area contributed by atoms with Crippen molar-refractivity contribution < 1.29 is 9.50 Å². The molecule has 1 rings (SSSR count). The molecule has 0 aliphatic rings. The molecule has 0 heterocycles. The third kappa shape index (κ3) is 1.97. The van der Waals surface area contributed by atoms with E-state index in [0.29, 0.717) is 5.56 Å². The summed E-state index contributed by atoms with van der Waals surface area (Å²) in [5.74, 6) is 0.141. The van der Waals surface area contributed by atoms with Crippen LogP contribution in [0.15, 0.2) is 18.2 Å². The SMILES string of the molecule is CCCc1ccc(O)cc1CF. The molecule has 1 aromatic carbocycles. The number of hydrogen-bond acceptors (Lipinski definition) is 1. The van der Waals surface area contributed by atoms with Crippen LogP contribution in [0, 0.1) is 0 Å². The molecule has 0 atom stereocenters. The van der Waals surface area contributed by atoms with E-state index < -0.39 is 6.67 Å². The molecule has 12 heavy (non-hydrogen) atoms. The van der Waals surface area contributed by atoms with Crippen molar-refractivity contribution in [3.8, 4) is 5.75 Å². The van der Waals surface area contributed by atoms with Gasteiger partial charge in [-0.1, -0.05) is 19.4 Å². The van der Waals surface area contributed by atoms with Crippen molar-refractivity contribution in [2.75, 3.05) is 0 Å². The van der Waals surface area contributed by atoms with E-state index in [1.807, 2.05) is 0 Å². The van der Waals surface area contributed by atoms with E-state index in [0.717, 1.165) is 18.4 Å². The predicted octanol–water partition coefficient (Wildman–Crippen LogP) is 2.81. The van der Waals surface area contributed by atoms with Gasteiger partial charge in [0.1, 0.15) is 12.4 Å². The van der Waals surface area contributed by atoms with Gasteiger partial charge in [0.15, 0.2) is 0 Å². The first-order valence-corrected chi connectivity index (χ1v) is 4.14. The lowest BCUT2D eigenvalue weighted by atomic mass is 10.0. The molecule has 0 saturated heterocycles. The van der Waals surface area contributed by atoms with Crippen LogP contribution in [0.3, 0.4) is 0 Å². The summed E-state index contributed by atoms with van der Waals surface area (Å²) >= 11 is 0. The quantitative estimate of drug-likeness (QED) is 0.735. The van der Waals surface area contributed by atoms with E-state index in [-0.39, 0.29) is 5.75 Å². The topological polar surface area (TPSA) is 20.2 Å². The number of halogens is 1. The van der Waals surface area contributed by atoms with Crippen LogP contribution in [0.2, 0.25) is 0 Å². The summed E-state index contributed by atoms with van der Waals surface area (Å²) in [7, 11) is 0. The van der Waals surface area contributed by atoms with Crippen molar-refractivity contribution in [3.05, 3.63) is 29.3 Å². The molecule has 0 bridgehead atoms. The number of aromatic hydroxyl groups is 1. The van der Waals surface area contributed by atoms with Gasteiger partial charge in [-0.3, -0.25) is 0 Å². The molecule has 0 spiro atoms. The Kier molecular flexibility index (Phi) is 3.09. The van der Waals surface area contributed by atoms with Gasteiger partial charge in [0, 0.05) is 0 Å². The van der Waals surface area contributed by atoms with Gasteiger partial charge in [0.05, 0.1) is 0 Å². The molecule has 0 aromatic heterocycles. The molecule has 0 aliphatic heterocycles. The zero-order chi connectivity index (χ0) is 8.97. The van der Waals surface area contributed by atoms with Crippen LogP contribution in [0.5, 0.6) is 5.75 Å². The summed E-state index contributed by atoms with van der Waals surface area (Å²) in [4.78, 5) is 0. The van der Waals surface area contributed by atoms with Crippen molar-refractivity contribution in [3.63, 3.8) is 0 Å². The largest absolute Gasteiger partial charge is 0.508 e. The molecule has 1 nitrogen and oxygen atoms in total. The standard InChI is InChI=1S/C10H13FO/c1-2-3-8-4-5-10(12)6-9(8)7-11/h4-6,12H,2-3,7H2,1H3. The summed E-state index contributed by atoms with van der Waals surface area (Å²) in [5.41, 5.74) is 1.61. The number of benzene rings is 1. The zero-order valence-electron chi connectivity index (χ0n) is 7.18. The second-order valence-corrected chi connectivity index (χ2v) is 2.84. The zero-order valence-corrected chi connectivity index (χ0v) is 7.18. The number of phenols is 1. The van der Waals surface area contributed by atoms with Crippen molar-refractivity contribution in [2.45, 2.75) is 26.4 Å². The molecular weight excluding hydrogens is 155 g/mol. The lowest BCUT2D eigenvalue weighted by Crippen LogP contribution is -1.90. The third-order valence-corrected chi connectivity index (χ3v) is 1.85. The maximum absolute atomic E-state index is 12.4. The Labute approximate surface area is 71.9 Å². The first kappa shape index (κ1) is 9.04. The van der Waals surface area contributed by atoms with E-state index in [4.69, 9.17) is 5.11 Å². The van der Waals surface area contributed by atoms with E-state index >= 15 is 0 Å². The van der Waals surface area contributed by atoms with Gasteiger partial charge in [0.25, 0.3) is 0 Å². The van der Waals surface area contributed by atoms with Crippen LogP contribution in [-0.4, -0.2) is 5.11 Å². The smallest absolute Gasteiger partial charge is 0.115 e. The van der Waals surface area contributed by atoms with Crippen molar-refractivity contribution in [1.29, 1.82) is 0 Å². The Hall–Kier alpha value is -1.05. The fraction of sp³-hybridized carbons (Fsp3) is 0.400. The van der Waals surface area contributed by atoms with E-state index in [1.54, 1.807) is 12.1 Å². The summed E-state index contributed by atoms with van der Waals surface area (Å²) in [6.45, 7) is 1.55. The van der Waals surface area contributed by atoms with Gasteiger partial charge in [-0.25, -0.2) is 4.39 Å². The van der Waals surface area contributed by atoms with Crippen molar-refractivity contribution in [2.24, 2.45) is 0 Å². The number of phenolic OH excluding ortho intramolecular Hbond substituents is 1. The molecule has 0 fully saturated rings. The molecule has 2 heteroatoms. The van der Waals surface area contributed by atoms with Gasteiger partial charge < -0.3 is 5.11 Å². The minimum atomic E-state index is -0.496. The number of alkyl halides is 1. The molecule has 0 saturated carbocycles. The molecule has 1 N–H and O–H groups in total. The molecule has 0 radical (unpaired) electrons. The first-order valence-electron chi connectivity index (χ1n) is 4.14. The summed E-state index contributed by atoms with van der Waals surface area (Å²) in [6, 6.07) is 4.88. The van der Waals surface area contributed by atoms with E-state index in [2.05, 4.69) is 6.92 Å². The van der Waals surface area contributed by atoms with Gasteiger partial charge in [-0.05, 0) is 29.7 Å². The second-order valence-electron chi connectivity index (χ2n) is 2.84. The number of hydrogen-bond donors (Lipinski definition) is 1. The Morgan fingerprint density at radius 3 is 2.67 bits per heavy atom. The first-order chi connectivity index (χ1) is 5.77. The maximum Gasteiger partial charge on any atom is 0.115 e. The Balaban J connectivity index is 2.94. The normalized spacial score (nSPS) is 10.2. The van der Waals surface area contributed by atoms with E-state index in [9.17, 15) is 4.39 Å². The maximum atomic E-state index is 12.4. The highest BCUT2D eigenvalue weighted by molar-refractivity contribution is 5.34. The highest BCUT2D eigenvalue weighted by Crippen LogP contribution is 2.18. The van der Waals surface area contributed by atoms with Crippen LogP contribution < -0.4 is 0 Å². The molecule has 1 aromatic rings. The highest BCUT2D eigenvalue weighted by atomic mass is 19.1. The average Bonchev–Trinajstić information content (AvgIpc) is 2.08. The molecular formula is C10H13FO. The lowest BCUT2D eigenvalue weighted by Gasteiger charge is -2.04. The molecule has 0 unspecified atom stereocenters. The lowest BCUT2D eigenvalue weighted by molar-refractivity contribution is 0.461. The molecule has 0 amide bonds. The summed E-state index contributed by atoms with van der Waals surface area (Å²) < 4.78 is 12.4. The average molecular weight is 168 g/mol. The van der Waals surface area contributed by atoms with Crippen LogP contribution in [0.4, 0.5) is 4.39 Å². The fourth-order valence-corrected chi connectivity index (χ4v) is 1.25. The van der Waals surface area contributed by atoms with Crippen LogP contribution >= 0.6 is 0 Å². The van der Waals surface area contributed by atoms with Crippen LogP contribution in [0.25, 0.3) is 0 Å². The van der Waals surface area contributed by atoms with Gasteiger partial charge in [-0.2, -0.15) is 0 Å². The predicted molar refractivity (Wildman–Crippen MR) is 46.9 cm³/mol. The van der Waals surface area contributed by atoms with Gasteiger partial charge >= 0.3 is 0 Å². The molecule has 66 valence electrons. The Morgan fingerprint density at radius 1 is 1.33 bits per heavy atom. The minimum Gasteiger partial charge on any atom is -0.508 e. The fourth-order valence-electron chi connectivity index (χ4n) is 1.25. The van der Waals surface area contributed by atoms with Crippen molar-refractivity contribution >= 4 is 0 Å². The Morgan fingerprint density at radius 2 is 2.08 bits per heavy atom. The summed E-state index contributed by atoms with van der Waals surface area (Å²) in [5, 5.41) is 9.07. The molecule has 0 aliphatic carbocycles. The van der Waals surface area contributed by atoms with Crippen LogP contribution in [0.1, 0.15) is 24.5 Å². The summed E-state index contributed by atoms with van der Waals surface area (Å²) in [6.07, 6.45) is 1.87. The van der Waals surface area contributed by atoms with Gasteiger partial charge in [0.2, 0.25) is 0 Å². The number of aryl methyl sites for hydroxylation is 1. The second kappa shape index (κ2) is 4.10.